The van der Waals surface area contributed by atoms with Crippen molar-refractivity contribution in [2.75, 3.05) is 6.54 Å². The van der Waals surface area contributed by atoms with Crippen molar-refractivity contribution in [2.45, 2.75) is 63.3 Å². The first-order chi connectivity index (χ1) is 24.7. The third-order valence-electron chi connectivity index (χ3n) is 9.63. The average Bonchev–Trinajstić information content (AvgIpc) is 3.43. The van der Waals surface area contributed by atoms with Crippen molar-refractivity contribution in [3.63, 3.8) is 0 Å². The van der Waals surface area contributed by atoms with Gasteiger partial charge < -0.3 is 9.67 Å². The van der Waals surface area contributed by atoms with E-state index in [1.54, 1.807) is 12.1 Å². The maximum Gasteiger partial charge on any atom is 0.335 e. The molecule has 0 bridgehead atoms. The second-order valence-corrected chi connectivity index (χ2v) is 14.9. The number of hydrogen-bond donors (Lipinski definition) is 2. The average molecular weight is 719 g/mol. The van der Waals surface area contributed by atoms with Gasteiger partial charge in [-0.05, 0) is 95.8 Å². The number of benzene rings is 5. The van der Waals surface area contributed by atoms with Gasteiger partial charge in [0.15, 0.2) is 0 Å². The van der Waals surface area contributed by atoms with Crippen LogP contribution in [0.4, 0.5) is 0 Å². The molecule has 5 aromatic carbocycles. The fourth-order valence-corrected chi connectivity index (χ4v) is 9.01. The summed E-state index contributed by atoms with van der Waals surface area (Å²) in [6.07, 6.45) is 3.99. The number of sulfonamides is 1. The predicted molar refractivity (Wildman–Crippen MR) is 207 cm³/mol. The van der Waals surface area contributed by atoms with Crippen molar-refractivity contribution in [3.05, 3.63) is 171 Å². The monoisotopic (exact) mass is 718 g/mol. The molecule has 0 atom stereocenters. The normalized spacial score (nSPS) is 11.8. The lowest BCUT2D eigenvalue weighted by Crippen LogP contribution is -2.29. The number of aryl methyl sites for hydroxylation is 4. The zero-order valence-electron chi connectivity index (χ0n) is 29.0. The molecule has 0 fully saturated rings. The molecular weight excluding hydrogens is 676 g/mol. The minimum Gasteiger partial charge on any atom is -0.478 e. The highest BCUT2D eigenvalue weighted by molar-refractivity contribution is 7.89. The Bertz CT molecular complexity index is 2170. The molecule has 2 N–H and O–H groups in total. The van der Waals surface area contributed by atoms with Gasteiger partial charge in [0.1, 0.15) is 0 Å². The molecule has 0 aliphatic heterocycles. The molecule has 0 saturated heterocycles. The van der Waals surface area contributed by atoms with Crippen molar-refractivity contribution in [2.24, 2.45) is 0 Å². The highest BCUT2D eigenvalue weighted by atomic mass is 35.5. The van der Waals surface area contributed by atoms with E-state index < -0.39 is 16.0 Å². The second kappa shape index (κ2) is 16.1. The molecule has 0 spiro atoms. The number of nitrogens with zero attached hydrogens (tertiary/aromatic N) is 1. The van der Waals surface area contributed by atoms with E-state index in [0.717, 1.165) is 69.2 Å². The standard InChI is InChI=1S/C43H43ClN2O4S/c1-3-31-18-12-19-32(4-2)42(31)51(49,50)45-28-27-40-37(20-11-13-30-21-23-35(24-22-30)43(47)48)38-29-36(44)25-26-39(38)46(40)41(33-14-7-5-8-15-33)34-16-9-6-10-17-34/h5-10,12,14-19,21-26,29,41,45H,3-4,11,13,20,27-28H2,1-2H3,(H,47,48). The molecule has 6 rings (SSSR count). The third kappa shape index (κ3) is 7.96. The number of carboxylic acids is 1. The Morgan fingerprint density at radius 1 is 0.765 bits per heavy atom. The fraction of sp³-hybridized carbons (Fsp3) is 0.233. The van der Waals surface area contributed by atoms with E-state index in [0.29, 0.717) is 29.2 Å². The Balaban J connectivity index is 1.44. The predicted octanol–water partition coefficient (Wildman–Crippen LogP) is 9.45. The van der Waals surface area contributed by atoms with Crippen molar-refractivity contribution >= 4 is 38.5 Å². The minimum atomic E-state index is -3.79. The summed E-state index contributed by atoms with van der Waals surface area (Å²) in [5, 5.41) is 11.0. The van der Waals surface area contributed by atoms with Crippen molar-refractivity contribution in [3.8, 4) is 0 Å². The molecule has 6 aromatic rings. The van der Waals surface area contributed by atoms with Crippen molar-refractivity contribution in [1.29, 1.82) is 0 Å². The van der Waals surface area contributed by atoms with Crippen LogP contribution in [0.25, 0.3) is 10.9 Å². The molecule has 262 valence electrons. The van der Waals surface area contributed by atoms with Crippen LogP contribution in [0.2, 0.25) is 5.02 Å². The van der Waals surface area contributed by atoms with E-state index in [2.05, 4.69) is 63.9 Å². The van der Waals surface area contributed by atoms with Gasteiger partial charge in [-0.3, -0.25) is 0 Å². The van der Waals surface area contributed by atoms with Gasteiger partial charge in [0.2, 0.25) is 10.0 Å². The Hall–Kier alpha value is -4.69. The van der Waals surface area contributed by atoms with Gasteiger partial charge >= 0.3 is 5.97 Å². The van der Waals surface area contributed by atoms with E-state index in [1.165, 1.54) is 0 Å². The zero-order chi connectivity index (χ0) is 36.0. The lowest BCUT2D eigenvalue weighted by molar-refractivity contribution is 0.0697. The quantitative estimate of drug-likeness (QED) is 0.111. The molecule has 0 amide bonds. The summed E-state index contributed by atoms with van der Waals surface area (Å²) >= 11 is 6.68. The van der Waals surface area contributed by atoms with E-state index in [-0.39, 0.29) is 18.2 Å². The van der Waals surface area contributed by atoms with Crippen LogP contribution in [-0.2, 0) is 42.1 Å². The summed E-state index contributed by atoms with van der Waals surface area (Å²) in [6, 6.07) is 39.4. The highest BCUT2D eigenvalue weighted by Crippen LogP contribution is 2.38. The van der Waals surface area contributed by atoms with Gasteiger partial charge in [-0.1, -0.05) is 116 Å². The van der Waals surface area contributed by atoms with Gasteiger partial charge in [-0.15, -0.1) is 0 Å². The molecule has 0 radical (unpaired) electrons. The Kier molecular flexibility index (Phi) is 11.4. The number of aromatic nitrogens is 1. The Morgan fingerprint density at radius 3 is 1.94 bits per heavy atom. The highest BCUT2D eigenvalue weighted by Gasteiger charge is 2.27. The molecule has 0 aliphatic carbocycles. The summed E-state index contributed by atoms with van der Waals surface area (Å²) in [6.45, 7) is 4.18. The first kappa shape index (κ1) is 36.1. The smallest absolute Gasteiger partial charge is 0.335 e. The van der Waals surface area contributed by atoms with Gasteiger partial charge in [0, 0.05) is 34.6 Å². The molecule has 1 aromatic heterocycles. The molecule has 0 unspecified atom stereocenters. The van der Waals surface area contributed by atoms with Crippen molar-refractivity contribution < 1.29 is 18.3 Å². The third-order valence-corrected chi connectivity index (χ3v) is 11.5. The van der Waals surface area contributed by atoms with Crippen LogP contribution in [0.5, 0.6) is 0 Å². The second-order valence-electron chi connectivity index (χ2n) is 12.8. The van der Waals surface area contributed by atoms with Crippen LogP contribution in [0.3, 0.4) is 0 Å². The largest absolute Gasteiger partial charge is 0.478 e. The van der Waals surface area contributed by atoms with Crippen LogP contribution in [0.1, 0.15) is 75.7 Å². The number of halogens is 1. The molecule has 6 nitrogen and oxygen atoms in total. The summed E-state index contributed by atoms with van der Waals surface area (Å²) in [7, 11) is -3.79. The van der Waals surface area contributed by atoms with Crippen molar-refractivity contribution in [1.82, 2.24) is 9.29 Å². The van der Waals surface area contributed by atoms with Gasteiger partial charge in [-0.2, -0.15) is 0 Å². The maximum atomic E-state index is 14.0. The van der Waals surface area contributed by atoms with Crippen LogP contribution >= 0.6 is 11.6 Å². The minimum absolute atomic E-state index is 0.174. The lowest BCUT2D eigenvalue weighted by Gasteiger charge is -2.25. The van der Waals surface area contributed by atoms with Crippen LogP contribution in [0.15, 0.2) is 126 Å². The number of nitrogens with one attached hydrogen (secondary N) is 1. The lowest BCUT2D eigenvalue weighted by atomic mass is 9.97. The first-order valence-corrected chi connectivity index (χ1v) is 19.4. The van der Waals surface area contributed by atoms with E-state index in [4.69, 9.17) is 11.6 Å². The Morgan fingerprint density at radius 2 is 1.37 bits per heavy atom. The maximum absolute atomic E-state index is 14.0. The summed E-state index contributed by atoms with van der Waals surface area (Å²) in [5.74, 6) is -0.943. The molecular formula is C43H43ClN2O4S. The summed E-state index contributed by atoms with van der Waals surface area (Å²) in [4.78, 5) is 11.8. The summed E-state index contributed by atoms with van der Waals surface area (Å²) in [5.41, 5.74) is 8.40. The molecule has 8 heteroatoms. The van der Waals surface area contributed by atoms with Gasteiger partial charge in [-0.25, -0.2) is 17.9 Å². The zero-order valence-corrected chi connectivity index (χ0v) is 30.6. The number of fused-ring (bicyclic) bond motifs is 1. The molecule has 51 heavy (non-hydrogen) atoms. The topological polar surface area (TPSA) is 88.4 Å². The summed E-state index contributed by atoms with van der Waals surface area (Å²) < 4.78 is 33.3. The number of carboxylic acid groups (broad SMARTS) is 1. The molecule has 0 aliphatic rings. The molecule has 0 saturated carbocycles. The number of aromatic carboxylic acids is 1. The number of rotatable bonds is 15. The van der Waals surface area contributed by atoms with E-state index in [1.807, 2.05) is 68.4 Å². The fourth-order valence-electron chi connectivity index (χ4n) is 7.21. The van der Waals surface area contributed by atoms with E-state index >= 15 is 0 Å². The molecule has 1 heterocycles. The first-order valence-electron chi connectivity index (χ1n) is 17.6. The number of hydrogen-bond acceptors (Lipinski definition) is 3. The Labute approximate surface area is 305 Å². The number of carbonyl (C=O) groups is 1. The van der Waals surface area contributed by atoms with Gasteiger partial charge in [0.05, 0.1) is 16.5 Å². The SMILES string of the molecule is CCc1cccc(CC)c1S(=O)(=O)NCCc1c(CCCc2ccc(C(=O)O)cc2)c2cc(Cl)ccc2n1C(c1ccccc1)c1ccccc1. The van der Waals surface area contributed by atoms with Crippen LogP contribution < -0.4 is 4.72 Å². The van der Waals surface area contributed by atoms with E-state index in [9.17, 15) is 18.3 Å². The van der Waals surface area contributed by atoms with Crippen LogP contribution in [-0.4, -0.2) is 30.6 Å². The van der Waals surface area contributed by atoms with Crippen LogP contribution in [0, 0.1) is 0 Å². The van der Waals surface area contributed by atoms with Gasteiger partial charge in [0.25, 0.3) is 0 Å².